The van der Waals surface area contributed by atoms with E-state index in [1.165, 1.54) is 25.0 Å². The quantitative estimate of drug-likeness (QED) is 0.765. The van der Waals surface area contributed by atoms with Crippen LogP contribution in [0.4, 0.5) is 10.5 Å². The van der Waals surface area contributed by atoms with Gasteiger partial charge in [0.05, 0.1) is 5.56 Å². The molecule has 0 heterocycles. The van der Waals surface area contributed by atoms with Crippen molar-refractivity contribution in [2.24, 2.45) is 5.92 Å². The van der Waals surface area contributed by atoms with Crippen molar-refractivity contribution in [2.45, 2.75) is 25.8 Å². The molecule has 3 N–H and O–H groups in total. The van der Waals surface area contributed by atoms with Gasteiger partial charge in [-0.05, 0) is 49.9 Å². The van der Waals surface area contributed by atoms with Gasteiger partial charge < -0.3 is 15.7 Å². The van der Waals surface area contributed by atoms with Crippen LogP contribution in [0.2, 0.25) is 0 Å². The standard InChI is InChI=1S/C13H16N2O3/c1-8(9-2-3-9)14-13(18)15-11-6-4-10(5-7-11)12(16)17/h4-9H,2-3H2,1H3,(H,16,17)(H2,14,15,18). The minimum Gasteiger partial charge on any atom is -0.478 e. The number of rotatable bonds is 4. The average Bonchev–Trinajstić information content (AvgIpc) is 3.13. The second-order valence-electron chi connectivity index (χ2n) is 4.61. The number of carbonyl (C=O) groups excluding carboxylic acids is 1. The number of carboxylic acid groups (broad SMARTS) is 1. The van der Waals surface area contributed by atoms with Crippen molar-refractivity contribution >= 4 is 17.7 Å². The third kappa shape index (κ3) is 3.23. The third-order valence-electron chi connectivity index (χ3n) is 3.08. The Hall–Kier alpha value is -2.04. The highest BCUT2D eigenvalue weighted by molar-refractivity contribution is 5.91. The maximum absolute atomic E-state index is 11.6. The molecule has 1 aliphatic rings. The molecule has 0 saturated heterocycles. The van der Waals surface area contributed by atoms with E-state index in [0.717, 1.165) is 0 Å². The normalized spacial score (nSPS) is 15.8. The van der Waals surface area contributed by atoms with E-state index in [0.29, 0.717) is 11.6 Å². The first kappa shape index (κ1) is 12.4. The number of benzene rings is 1. The van der Waals surface area contributed by atoms with Crippen LogP contribution in [0.15, 0.2) is 24.3 Å². The highest BCUT2D eigenvalue weighted by Gasteiger charge is 2.28. The van der Waals surface area contributed by atoms with E-state index in [4.69, 9.17) is 5.11 Å². The van der Waals surface area contributed by atoms with E-state index in [-0.39, 0.29) is 17.6 Å². The van der Waals surface area contributed by atoms with Crippen LogP contribution < -0.4 is 10.6 Å². The predicted octanol–water partition coefficient (Wildman–Crippen LogP) is 2.30. The summed E-state index contributed by atoms with van der Waals surface area (Å²) < 4.78 is 0. The number of anilines is 1. The van der Waals surface area contributed by atoms with E-state index >= 15 is 0 Å². The lowest BCUT2D eigenvalue weighted by Gasteiger charge is -2.13. The molecule has 1 atom stereocenters. The zero-order valence-electron chi connectivity index (χ0n) is 10.1. The van der Waals surface area contributed by atoms with Crippen LogP contribution in [0.25, 0.3) is 0 Å². The molecule has 5 heteroatoms. The summed E-state index contributed by atoms with van der Waals surface area (Å²) in [6.07, 6.45) is 2.35. The monoisotopic (exact) mass is 248 g/mol. The van der Waals surface area contributed by atoms with Crippen LogP contribution >= 0.6 is 0 Å². The van der Waals surface area contributed by atoms with Gasteiger partial charge in [-0.3, -0.25) is 0 Å². The minimum absolute atomic E-state index is 0.184. The Balaban J connectivity index is 1.88. The van der Waals surface area contributed by atoms with Crippen LogP contribution in [-0.2, 0) is 0 Å². The molecule has 2 amide bonds. The molecule has 1 aromatic carbocycles. The maximum Gasteiger partial charge on any atom is 0.335 e. The lowest BCUT2D eigenvalue weighted by atomic mass is 10.2. The Kier molecular flexibility index (Phi) is 3.50. The zero-order chi connectivity index (χ0) is 13.1. The van der Waals surface area contributed by atoms with E-state index < -0.39 is 5.97 Å². The number of hydrogen-bond acceptors (Lipinski definition) is 2. The highest BCUT2D eigenvalue weighted by atomic mass is 16.4. The molecule has 0 radical (unpaired) electrons. The van der Waals surface area contributed by atoms with Crippen LogP contribution in [0.1, 0.15) is 30.1 Å². The molecule has 0 bridgehead atoms. The third-order valence-corrected chi connectivity index (χ3v) is 3.08. The van der Waals surface area contributed by atoms with Crippen molar-refractivity contribution in [3.8, 4) is 0 Å². The molecule has 1 fully saturated rings. The number of nitrogens with one attached hydrogen (secondary N) is 2. The Morgan fingerprint density at radius 1 is 1.28 bits per heavy atom. The topological polar surface area (TPSA) is 78.4 Å². The van der Waals surface area contributed by atoms with Gasteiger partial charge in [-0.15, -0.1) is 0 Å². The average molecular weight is 248 g/mol. The van der Waals surface area contributed by atoms with Crippen molar-refractivity contribution in [2.75, 3.05) is 5.32 Å². The maximum atomic E-state index is 11.6. The van der Waals surface area contributed by atoms with Crippen molar-refractivity contribution in [3.05, 3.63) is 29.8 Å². The summed E-state index contributed by atoms with van der Waals surface area (Å²) >= 11 is 0. The van der Waals surface area contributed by atoms with Crippen molar-refractivity contribution in [3.63, 3.8) is 0 Å². The first-order valence-electron chi connectivity index (χ1n) is 5.97. The summed E-state index contributed by atoms with van der Waals surface area (Å²) in [6.45, 7) is 1.99. The summed E-state index contributed by atoms with van der Waals surface area (Å²) in [5.74, 6) is -0.376. The number of carbonyl (C=O) groups is 2. The SMILES string of the molecule is CC(NC(=O)Nc1ccc(C(=O)O)cc1)C1CC1. The second kappa shape index (κ2) is 5.08. The summed E-state index contributed by atoms with van der Waals surface area (Å²) in [5, 5.41) is 14.3. The molecule has 1 unspecified atom stereocenters. The van der Waals surface area contributed by atoms with Crippen molar-refractivity contribution < 1.29 is 14.7 Å². The van der Waals surface area contributed by atoms with E-state index in [1.54, 1.807) is 12.1 Å². The van der Waals surface area contributed by atoms with E-state index in [2.05, 4.69) is 10.6 Å². The van der Waals surface area contributed by atoms with Gasteiger partial charge in [0.1, 0.15) is 0 Å². The molecule has 18 heavy (non-hydrogen) atoms. The molecule has 1 aromatic rings. The van der Waals surface area contributed by atoms with Gasteiger partial charge >= 0.3 is 12.0 Å². The minimum atomic E-state index is -0.978. The first-order chi connectivity index (χ1) is 8.56. The largest absolute Gasteiger partial charge is 0.478 e. The van der Waals surface area contributed by atoms with Crippen LogP contribution in [0.5, 0.6) is 0 Å². The molecule has 2 rings (SSSR count). The predicted molar refractivity (Wildman–Crippen MR) is 67.7 cm³/mol. The molecular formula is C13H16N2O3. The molecule has 96 valence electrons. The van der Waals surface area contributed by atoms with Gasteiger partial charge in [0, 0.05) is 11.7 Å². The summed E-state index contributed by atoms with van der Waals surface area (Å²) in [5.41, 5.74) is 0.785. The Bertz CT molecular complexity index is 452. The van der Waals surface area contributed by atoms with Crippen LogP contribution in [0.3, 0.4) is 0 Å². The Morgan fingerprint density at radius 2 is 1.89 bits per heavy atom. The molecule has 5 nitrogen and oxygen atoms in total. The summed E-state index contributed by atoms with van der Waals surface area (Å²) in [6, 6.07) is 6.00. The van der Waals surface area contributed by atoms with Crippen LogP contribution in [-0.4, -0.2) is 23.1 Å². The van der Waals surface area contributed by atoms with Gasteiger partial charge in [-0.2, -0.15) is 0 Å². The van der Waals surface area contributed by atoms with Gasteiger partial charge in [-0.25, -0.2) is 9.59 Å². The lowest BCUT2D eigenvalue weighted by molar-refractivity contribution is 0.0697. The molecule has 1 aliphatic carbocycles. The number of amides is 2. The molecule has 1 saturated carbocycles. The molecule has 0 aromatic heterocycles. The van der Waals surface area contributed by atoms with Crippen LogP contribution in [0, 0.1) is 5.92 Å². The van der Waals surface area contributed by atoms with E-state index in [1.807, 2.05) is 6.92 Å². The van der Waals surface area contributed by atoms with Gasteiger partial charge in [0.15, 0.2) is 0 Å². The summed E-state index contributed by atoms with van der Waals surface area (Å²) in [4.78, 5) is 22.3. The molecule has 0 aliphatic heterocycles. The first-order valence-corrected chi connectivity index (χ1v) is 5.97. The zero-order valence-corrected chi connectivity index (χ0v) is 10.1. The van der Waals surface area contributed by atoms with Gasteiger partial charge in [-0.1, -0.05) is 0 Å². The van der Waals surface area contributed by atoms with Gasteiger partial charge in [0.2, 0.25) is 0 Å². The molecular weight excluding hydrogens is 232 g/mol. The molecule has 0 spiro atoms. The van der Waals surface area contributed by atoms with Crippen molar-refractivity contribution in [1.29, 1.82) is 0 Å². The number of hydrogen-bond donors (Lipinski definition) is 3. The lowest BCUT2D eigenvalue weighted by Crippen LogP contribution is -2.37. The Labute approximate surface area is 105 Å². The second-order valence-corrected chi connectivity index (χ2v) is 4.61. The number of aromatic carboxylic acids is 1. The number of carboxylic acids is 1. The van der Waals surface area contributed by atoms with Crippen molar-refractivity contribution in [1.82, 2.24) is 5.32 Å². The fourth-order valence-corrected chi connectivity index (χ4v) is 1.78. The fourth-order valence-electron chi connectivity index (χ4n) is 1.78. The highest BCUT2D eigenvalue weighted by Crippen LogP contribution is 2.32. The smallest absolute Gasteiger partial charge is 0.335 e. The Morgan fingerprint density at radius 3 is 2.39 bits per heavy atom. The fraction of sp³-hybridized carbons (Fsp3) is 0.385. The van der Waals surface area contributed by atoms with Gasteiger partial charge in [0.25, 0.3) is 0 Å². The summed E-state index contributed by atoms with van der Waals surface area (Å²) in [7, 11) is 0. The van der Waals surface area contributed by atoms with E-state index in [9.17, 15) is 9.59 Å². The number of urea groups is 1.